The minimum Gasteiger partial charge on any atom is -0.343 e. The topological polar surface area (TPSA) is 103 Å². The van der Waals surface area contributed by atoms with Crippen LogP contribution in [-0.2, 0) is 16.0 Å². The SMILES string of the molecule is CC(=O)N1CCC(C(=O)N(CCCN2CCC(Cc3ccc(-c4noc(=O)[nH]4)cc3)CC2)c2ccc(C)c(Cl)c2)CC1. The van der Waals surface area contributed by atoms with Gasteiger partial charge in [-0.2, -0.15) is 0 Å². The Labute approximate surface area is 251 Å². The molecule has 2 aromatic carbocycles. The number of hydrogen-bond donors (Lipinski definition) is 1. The Morgan fingerprint density at radius 3 is 2.38 bits per heavy atom. The molecule has 1 aromatic heterocycles. The third-order valence-corrected chi connectivity index (χ3v) is 9.19. The van der Waals surface area contributed by atoms with E-state index in [9.17, 15) is 14.4 Å². The maximum Gasteiger partial charge on any atom is 0.439 e. The zero-order valence-corrected chi connectivity index (χ0v) is 25.2. The second kappa shape index (κ2) is 13.7. The summed E-state index contributed by atoms with van der Waals surface area (Å²) in [5.41, 5.74) is 3.96. The first-order chi connectivity index (χ1) is 20.3. The quantitative estimate of drug-likeness (QED) is 0.377. The fourth-order valence-electron chi connectivity index (χ4n) is 6.13. The number of likely N-dealkylation sites (tertiary alicyclic amines) is 2. The molecule has 2 amide bonds. The van der Waals surface area contributed by atoms with Crippen molar-refractivity contribution in [3.63, 3.8) is 0 Å². The molecule has 224 valence electrons. The number of aromatic amines is 1. The van der Waals surface area contributed by atoms with Crippen LogP contribution in [0.2, 0.25) is 5.02 Å². The van der Waals surface area contributed by atoms with Gasteiger partial charge in [-0.15, -0.1) is 0 Å². The van der Waals surface area contributed by atoms with Crippen LogP contribution in [0.5, 0.6) is 0 Å². The molecular formula is C32H40ClN5O4. The van der Waals surface area contributed by atoms with Crippen molar-refractivity contribution in [2.24, 2.45) is 11.8 Å². The smallest absolute Gasteiger partial charge is 0.343 e. The molecule has 2 aliphatic rings. The monoisotopic (exact) mass is 593 g/mol. The number of halogens is 1. The summed E-state index contributed by atoms with van der Waals surface area (Å²) in [6.07, 6.45) is 5.60. The molecule has 10 heteroatoms. The molecule has 1 N–H and O–H groups in total. The molecule has 3 aromatic rings. The summed E-state index contributed by atoms with van der Waals surface area (Å²) < 4.78 is 4.60. The molecule has 0 radical (unpaired) electrons. The highest BCUT2D eigenvalue weighted by Crippen LogP contribution is 2.28. The van der Waals surface area contributed by atoms with Crippen LogP contribution in [0.4, 0.5) is 5.69 Å². The normalized spacial score (nSPS) is 17.0. The first-order valence-electron chi connectivity index (χ1n) is 15.0. The highest BCUT2D eigenvalue weighted by molar-refractivity contribution is 6.31. The average molecular weight is 594 g/mol. The van der Waals surface area contributed by atoms with Crippen molar-refractivity contribution < 1.29 is 14.1 Å². The number of nitrogens with zero attached hydrogens (tertiary/aromatic N) is 4. The number of carbonyl (C=O) groups is 2. The molecule has 3 heterocycles. The van der Waals surface area contributed by atoms with Gasteiger partial charge in [0, 0.05) is 48.7 Å². The summed E-state index contributed by atoms with van der Waals surface area (Å²) in [5.74, 6) is 0.662. The van der Waals surface area contributed by atoms with Gasteiger partial charge in [0.15, 0.2) is 5.82 Å². The maximum atomic E-state index is 13.7. The van der Waals surface area contributed by atoms with E-state index < -0.39 is 5.76 Å². The lowest BCUT2D eigenvalue weighted by atomic mass is 9.90. The molecule has 0 saturated carbocycles. The number of nitrogens with one attached hydrogen (secondary N) is 1. The lowest BCUT2D eigenvalue weighted by Gasteiger charge is -2.35. The van der Waals surface area contributed by atoms with Crippen molar-refractivity contribution in [3.8, 4) is 11.4 Å². The summed E-state index contributed by atoms with van der Waals surface area (Å²) in [6, 6.07) is 14.0. The van der Waals surface area contributed by atoms with Gasteiger partial charge in [-0.25, -0.2) is 4.79 Å². The zero-order chi connectivity index (χ0) is 29.6. The number of carbonyl (C=O) groups excluding carboxylic acids is 2. The van der Waals surface area contributed by atoms with Crippen LogP contribution in [0.3, 0.4) is 0 Å². The molecule has 9 nitrogen and oxygen atoms in total. The van der Waals surface area contributed by atoms with Gasteiger partial charge in [-0.05, 0) is 94.3 Å². The number of rotatable bonds is 9. The fraction of sp³-hybridized carbons (Fsp3) is 0.500. The molecule has 0 atom stereocenters. The van der Waals surface area contributed by atoms with Crippen LogP contribution in [-0.4, -0.2) is 71.0 Å². The molecular weight excluding hydrogens is 554 g/mol. The van der Waals surface area contributed by atoms with Crippen LogP contribution < -0.4 is 10.7 Å². The molecule has 42 heavy (non-hydrogen) atoms. The molecule has 2 aliphatic heterocycles. The van der Waals surface area contributed by atoms with Crippen molar-refractivity contribution in [3.05, 3.63) is 69.2 Å². The Morgan fingerprint density at radius 1 is 1.05 bits per heavy atom. The number of H-pyrrole nitrogens is 1. The van der Waals surface area contributed by atoms with E-state index in [1.54, 1.807) is 6.92 Å². The van der Waals surface area contributed by atoms with Gasteiger partial charge in [-0.3, -0.25) is 19.1 Å². The predicted octanol–water partition coefficient (Wildman–Crippen LogP) is 4.93. The van der Waals surface area contributed by atoms with Gasteiger partial charge in [0.2, 0.25) is 11.8 Å². The molecule has 2 fully saturated rings. The standard InChI is InChI=1S/C32H40ClN5O4/c1-22-4-9-28(21-29(22)33)38(31(40)27-12-18-37(19-13-27)23(2)39)15-3-14-36-16-10-25(11-17-36)20-24-5-7-26(8-6-24)30-34-32(41)42-35-30/h4-9,21,25,27H,3,10-20H2,1-2H3,(H,34,35,41). The number of aromatic nitrogens is 2. The van der Waals surface area contributed by atoms with Crippen LogP contribution in [0, 0.1) is 18.8 Å². The second-order valence-electron chi connectivity index (χ2n) is 11.7. The van der Waals surface area contributed by atoms with Crippen molar-refractivity contribution in [1.29, 1.82) is 0 Å². The summed E-state index contributed by atoms with van der Waals surface area (Å²) in [7, 11) is 0. The van der Waals surface area contributed by atoms with Crippen molar-refractivity contribution >= 4 is 29.1 Å². The van der Waals surface area contributed by atoms with E-state index in [1.165, 1.54) is 5.56 Å². The fourth-order valence-corrected chi connectivity index (χ4v) is 6.31. The van der Waals surface area contributed by atoms with Gasteiger partial charge in [-0.1, -0.05) is 47.1 Å². The number of piperidine rings is 2. The molecule has 0 bridgehead atoms. The first-order valence-corrected chi connectivity index (χ1v) is 15.4. The van der Waals surface area contributed by atoms with Gasteiger partial charge in [0.05, 0.1) is 0 Å². The molecule has 0 unspecified atom stereocenters. The zero-order valence-electron chi connectivity index (χ0n) is 24.5. The predicted molar refractivity (Wildman–Crippen MR) is 164 cm³/mol. The van der Waals surface area contributed by atoms with Crippen molar-refractivity contribution in [2.75, 3.05) is 44.2 Å². The molecule has 0 aliphatic carbocycles. The van der Waals surface area contributed by atoms with Crippen molar-refractivity contribution in [1.82, 2.24) is 19.9 Å². The molecule has 0 spiro atoms. The summed E-state index contributed by atoms with van der Waals surface area (Å²) in [5, 5.41) is 4.42. The highest BCUT2D eigenvalue weighted by atomic mass is 35.5. The van der Waals surface area contributed by atoms with E-state index in [2.05, 4.69) is 31.7 Å². The molecule has 5 rings (SSSR count). The van der Waals surface area contributed by atoms with Crippen molar-refractivity contribution in [2.45, 2.75) is 52.4 Å². The van der Waals surface area contributed by atoms with Crippen LogP contribution in [0.25, 0.3) is 11.4 Å². The lowest BCUT2D eigenvalue weighted by Crippen LogP contribution is -2.45. The lowest BCUT2D eigenvalue weighted by molar-refractivity contribution is -0.133. The van der Waals surface area contributed by atoms with E-state index >= 15 is 0 Å². The summed E-state index contributed by atoms with van der Waals surface area (Å²) >= 11 is 6.46. The van der Waals surface area contributed by atoms with Crippen LogP contribution in [0.1, 0.15) is 50.2 Å². The minimum absolute atomic E-state index is 0.0753. The minimum atomic E-state index is -0.550. The average Bonchev–Trinajstić information content (AvgIpc) is 3.44. The number of anilines is 1. The van der Waals surface area contributed by atoms with Gasteiger partial charge < -0.3 is 14.7 Å². The third-order valence-electron chi connectivity index (χ3n) is 8.78. The Hall–Kier alpha value is -3.43. The highest BCUT2D eigenvalue weighted by Gasteiger charge is 2.30. The van der Waals surface area contributed by atoms with Gasteiger partial charge >= 0.3 is 5.76 Å². The van der Waals surface area contributed by atoms with Gasteiger partial charge in [0.1, 0.15) is 0 Å². The van der Waals surface area contributed by atoms with E-state index in [0.29, 0.717) is 49.2 Å². The first kappa shape index (κ1) is 30.0. The van der Waals surface area contributed by atoms with E-state index in [4.69, 9.17) is 11.6 Å². The van der Waals surface area contributed by atoms with E-state index in [-0.39, 0.29) is 17.7 Å². The third kappa shape index (κ3) is 7.50. The number of benzene rings is 2. The Morgan fingerprint density at radius 2 is 1.76 bits per heavy atom. The maximum absolute atomic E-state index is 13.7. The number of amides is 2. The van der Waals surface area contributed by atoms with E-state index in [1.807, 2.05) is 47.1 Å². The largest absolute Gasteiger partial charge is 0.439 e. The van der Waals surface area contributed by atoms with E-state index in [0.717, 1.165) is 62.1 Å². The Kier molecular flexibility index (Phi) is 9.80. The summed E-state index contributed by atoms with van der Waals surface area (Å²) in [4.78, 5) is 45.5. The Balaban J connectivity index is 1.12. The van der Waals surface area contributed by atoms with Gasteiger partial charge in [0.25, 0.3) is 0 Å². The second-order valence-corrected chi connectivity index (χ2v) is 12.1. The number of hydrogen-bond acceptors (Lipinski definition) is 6. The summed E-state index contributed by atoms with van der Waals surface area (Å²) in [6.45, 7) is 8.53. The van der Waals surface area contributed by atoms with Crippen LogP contribution >= 0.6 is 11.6 Å². The Bertz CT molecular complexity index is 1420. The number of aryl methyl sites for hydroxylation is 1. The van der Waals surface area contributed by atoms with Crippen LogP contribution in [0.15, 0.2) is 51.8 Å². The molecule has 2 saturated heterocycles.